The van der Waals surface area contributed by atoms with Gasteiger partial charge in [-0.3, -0.25) is 5.43 Å². The van der Waals surface area contributed by atoms with E-state index < -0.39 is 0 Å². The Balaban J connectivity index is 1.76. The maximum Gasteiger partial charge on any atom is 0.203 e. The van der Waals surface area contributed by atoms with E-state index in [4.69, 9.17) is 11.6 Å². The van der Waals surface area contributed by atoms with Gasteiger partial charge in [0.15, 0.2) is 0 Å². The zero-order valence-corrected chi connectivity index (χ0v) is 14.9. The van der Waals surface area contributed by atoms with Crippen LogP contribution in [0.2, 0.25) is 5.02 Å². The summed E-state index contributed by atoms with van der Waals surface area (Å²) in [6.07, 6.45) is 1.97. The number of nitrogens with zero attached hydrogens (tertiary/aromatic N) is 2. The molecular weight excluding hydrogens is 338 g/mol. The molecule has 1 N–H and O–H groups in total. The van der Waals surface area contributed by atoms with Crippen molar-refractivity contribution in [3.63, 3.8) is 0 Å². The summed E-state index contributed by atoms with van der Waals surface area (Å²) in [5.74, 6) is 0. The van der Waals surface area contributed by atoms with Crippen molar-refractivity contribution in [2.75, 3.05) is 5.43 Å². The minimum Gasteiger partial charge on any atom is -0.252 e. The fourth-order valence-electron chi connectivity index (χ4n) is 2.33. The zero-order chi connectivity index (χ0) is 16.8. The van der Waals surface area contributed by atoms with E-state index in [1.807, 2.05) is 47.8 Å². The van der Waals surface area contributed by atoms with Gasteiger partial charge in [-0.2, -0.15) is 5.10 Å². The van der Waals surface area contributed by atoms with Gasteiger partial charge < -0.3 is 0 Å². The van der Waals surface area contributed by atoms with Gasteiger partial charge in [-0.25, -0.2) is 4.98 Å². The number of aromatic nitrogens is 1. The predicted molar refractivity (Wildman–Crippen MR) is 104 cm³/mol. The lowest BCUT2D eigenvalue weighted by Gasteiger charge is -2.05. The van der Waals surface area contributed by atoms with E-state index in [0.29, 0.717) is 0 Å². The standard InChI is InChI=1S/C19H18ClN3S/c1-2-6-17(14-7-4-3-5-8-14)22-23-19-21-18(13-24-19)15-9-11-16(20)12-10-15/h3-5,7-13H,2,6H2,1H3,(H,21,23)/b22-17+. The summed E-state index contributed by atoms with van der Waals surface area (Å²) in [6, 6.07) is 17.9. The van der Waals surface area contributed by atoms with Crippen LogP contribution in [0.25, 0.3) is 11.3 Å². The first-order valence-electron chi connectivity index (χ1n) is 7.85. The third kappa shape index (κ3) is 4.22. The number of hydrogen-bond donors (Lipinski definition) is 1. The van der Waals surface area contributed by atoms with Crippen LogP contribution in [0.4, 0.5) is 5.13 Å². The van der Waals surface area contributed by atoms with Crippen molar-refractivity contribution in [2.24, 2.45) is 5.10 Å². The average molecular weight is 356 g/mol. The van der Waals surface area contributed by atoms with Gasteiger partial charge in [0.1, 0.15) is 0 Å². The smallest absolute Gasteiger partial charge is 0.203 e. The molecule has 0 saturated carbocycles. The number of benzene rings is 2. The number of thiazole rings is 1. The first-order valence-corrected chi connectivity index (χ1v) is 9.11. The van der Waals surface area contributed by atoms with Crippen LogP contribution in [0.5, 0.6) is 0 Å². The number of rotatable bonds is 6. The van der Waals surface area contributed by atoms with Crippen LogP contribution in [0.3, 0.4) is 0 Å². The molecule has 122 valence electrons. The van der Waals surface area contributed by atoms with Crippen LogP contribution >= 0.6 is 22.9 Å². The van der Waals surface area contributed by atoms with Crippen LogP contribution in [-0.4, -0.2) is 10.7 Å². The van der Waals surface area contributed by atoms with Crippen LogP contribution in [0.1, 0.15) is 25.3 Å². The number of hydrazone groups is 1. The Kier molecular flexibility index (Phi) is 5.62. The molecule has 0 atom stereocenters. The summed E-state index contributed by atoms with van der Waals surface area (Å²) in [6.45, 7) is 2.15. The maximum absolute atomic E-state index is 5.93. The van der Waals surface area contributed by atoms with Gasteiger partial charge in [0.2, 0.25) is 5.13 Å². The SMILES string of the molecule is CCC/C(=N\Nc1nc(-c2ccc(Cl)cc2)cs1)c1ccccc1. The zero-order valence-electron chi connectivity index (χ0n) is 13.4. The summed E-state index contributed by atoms with van der Waals surface area (Å²) in [5.41, 5.74) is 7.25. The first-order chi connectivity index (χ1) is 11.8. The summed E-state index contributed by atoms with van der Waals surface area (Å²) >= 11 is 7.47. The molecule has 3 nitrogen and oxygen atoms in total. The Morgan fingerprint density at radius 2 is 1.88 bits per heavy atom. The molecule has 0 fully saturated rings. The van der Waals surface area contributed by atoms with E-state index in [2.05, 4.69) is 34.6 Å². The molecule has 3 rings (SSSR count). The average Bonchev–Trinajstić information content (AvgIpc) is 3.09. The van der Waals surface area contributed by atoms with Crippen molar-refractivity contribution in [3.05, 3.63) is 70.6 Å². The Bertz CT molecular complexity index is 810. The highest BCUT2D eigenvalue weighted by Crippen LogP contribution is 2.26. The molecule has 2 aromatic carbocycles. The second-order valence-corrected chi connectivity index (χ2v) is 6.63. The van der Waals surface area contributed by atoms with Crippen LogP contribution in [0.15, 0.2) is 65.1 Å². The molecule has 0 aliphatic rings. The third-order valence-electron chi connectivity index (χ3n) is 3.52. The van der Waals surface area contributed by atoms with Gasteiger partial charge in [-0.15, -0.1) is 11.3 Å². The Labute approximate surface area is 151 Å². The molecule has 1 heterocycles. The number of nitrogens with one attached hydrogen (secondary N) is 1. The largest absolute Gasteiger partial charge is 0.252 e. The van der Waals surface area contributed by atoms with E-state index in [-0.39, 0.29) is 0 Å². The fourth-order valence-corrected chi connectivity index (χ4v) is 3.11. The highest BCUT2D eigenvalue weighted by molar-refractivity contribution is 7.14. The summed E-state index contributed by atoms with van der Waals surface area (Å²) in [5, 5.41) is 8.09. The Hall–Kier alpha value is -2.17. The molecule has 1 aromatic heterocycles. The van der Waals surface area contributed by atoms with Gasteiger partial charge in [0, 0.05) is 16.0 Å². The molecule has 0 spiro atoms. The molecule has 0 radical (unpaired) electrons. The van der Waals surface area contributed by atoms with E-state index in [1.165, 1.54) is 0 Å². The van der Waals surface area contributed by atoms with E-state index in [0.717, 1.165) is 45.5 Å². The quantitative estimate of drug-likeness (QED) is 0.429. The van der Waals surface area contributed by atoms with Gasteiger partial charge >= 0.3 is 0 Å². The molecule has 0 bridgehead atoms. The Morgan fingerprint density at radius 3 is 2.58 bits per heavy atom. The molecule has 0 unspecified atom stereocenters. The molecule has 0 amide bonds. The van der Waals surface area contributed by atoms with Gasteiger partial charge in [-0.1, -0.05) is 67.4 Å². The molecule has 24 heavy (non-hydrogen) atoms. The molecule has 3 aromatic rings. The van der Waals surface area contributed by atoms with Crippen molar-refractivity contribution < 1.29 is 0 Å². The minimum atomic E-state index is 0.726. The minimum absolute atomic E-state index is 0.726. The second kappa shape index (κ2) is 8.08. The van der Waals surface area contributed by atoms with Gasteiger partial charge in [0.25, 0.3) is 0 Å². The summed E-state index contributed by atoms with van der Waals surface area (Å²) in [4.78, 5) is 4.59. The lowest BCUT2D eigenvalue weighted by Crippen LogP contribution is -2.04. The number of halogens is 1. The lowest BCUT2D eigenvalue weighted by atomic mass is 10.1. The first kappa shape index (κ1) is 16.7. The van der Waals surface area contributed by atoms with E-state index in [9.17, 15) is 0 Å². The van der Waals surface area contributed by atoms with Gasteiger partial charge in [-0.05, 0) is 24.1 Å². The normalized spacial score (nSPS) is 11.5. The van der Waals surface area contributed by atoms with Crippen molar-refractivity contribution in [1.29, 1.82) is 0 Å². The molecule has 0 saturated heterocycles. The number of anilines is 1. The van der Waals surface area contributed by atoms with Crippen molar-refractivity contribution >= 4 is 33.8 Å². The second-order valence-electron chi connectivity index (χ2n) is 5.33. The van der Waals surface area contributed by atoms with Crippen molar-refractivity contribution in [2.45, 2.75) is 19.8 Å². The van der Waals surface area contributed by atoms with Crippen molar-refractivity contribution in [1.82, 2.24) is 4.98 Å². The van der Waals surface area contributed by atoms with Crippen LogP contribution < -0.4 is 5.43 Å². The monoisotopic (exact) mass is 355 g/mol. The van der Waals surface area contributed by atoms with Crippen LogP contribution in [0, 0.1) is 0 Å². The molecule has 0 aliphatic heterocycles. The molecule has 0 aliphatic carbocycles. The van der Waals surface area contributed by atoms with Crippen molar-refractivity contribution in [3.8, 4) is 11.3 Å². The maximum atomic E-state index is 5.93. The predicted octanol–water partition coefficient (Wildman–Crippen LogP) is 6.08. The van der Waals surface area contributed by atoms with Crippen LogP contribution in [-0.2, 0) is 0 Å². The molecule has 5 heteroatoms. The third-order valence-corrected chi connectivity index (χ3v) is 4.52. The highest BCUT2D eigenvalue weighted by Gasteiger charge is 2.06. The fraction of sp³-hybridized carbons (Fsp3) is 0.158. The topological polar surface area (TPSA) is 37.3 Å². The lowest BCUT2D eigenvalue weighted by molar-refractivity contribution is 0.987. The van der Waals surface area contributed by atoms with E-state index >= 15 is 0 Å². The summed E-state index contributed by atoms with van der Waals surface area (Å²) < 4.78 is 0. The van der Waals surface area contributed by atoms with E-state index in [1.54, 1.807) is 11.3 Å². The summed E-state index contributed by atoms with van der Waals surface area (Å²) in [7, 11) is 0. The molecular formula is C19H18ClN3S. The highest BCUT2D eigenvalue weighted by atomic mass is 35.5. The number of hydrogen-bond acceptors (Lipinski definition) is 4. The Morgan fingerprint density at radius 1 is 1.12 bits per heavy atom. The van der Waals surface area contributed by atoms with Gasteiger partial charge in [0.05, 0.1) is 11.4 Å².